The average molecular weight is 252 g/mol. The van der Waals surface area contributed by atoms with Gasteiger partial charge in [0.25, 0.3) is 0 Å². The molecule has 0 aromatic carbocycles. The molecule has 7 nitrogen and oxygen atoms in total. The maximum absolute atomic E-state index is 11.9. The van der Waals surface area contributed by atoms with Gasteiger partial charge in [-0.1, -0.05) is 0 Å². The van der Waals surface area contributed by atoms with Gasteiger partial charge < -0.3 is 10.0 Å². The third-order valence-electron chi connectivity index (χ3n) is 3.01. The first-order chi connectivity index (χ1) is 8.56. The highest BCUT2D eigenvalue weighted by atomic mass is 16.4. The van der Waals surface area contributed by atoms with E-state index in [4.69, 9.17) is 5.11 Å². The Bertz CT molecular complexity index is 457. The predicted octanol–water partition coefficient (Wildman–Crippen LogP) is 0.749. The summed E-state index contributed by atoms with van der Waals surface area (Å²) in [5.41, 5.74) is 0. The smallest absolute Gasteiger partial charge is 0.323 e. The number of carbonyl (C=O) groups is 2. The molecule has 2 amide bonds. The van der Waals surface area contributed by atoms with E-state index in [2.05, 4.69) is 10.4 Å². The highest BCUT2D eigenvalue weighted by Gasteiger charge is 2.28. The zero-order chi connectivity index (χ0) is 13.1. The largest absolute Gasteiger partial charge is 0.481 e. The number of urea groups is 1. The summed E-state index contributed by atoms with van der Waals surface area (Å²) in [5.74, 6) is -0.835. The molecule has 1 aromatic rings. The fourth-order valence-corrected chi connectivity index (χ4v) is 2.03. The maximum Gasteiger partial charge on any atom is 0.323 e. The van der Waals surface area contributed by atoms with Gasteiger partial charge in [-0.25, -0.2) is 4.79 Å². The summed E-state index contributed by atoms with van der Waals surface area (Å²) in [6.45, 7) is 0.844. The number of aryl methyl sites for hydroxylation is 1. The monoisotopic (exact) mass is 252 g/mol. The van der Waals surface area contributed by atoms with Crippen LogP contribution in [0, 0.1) is 5.92 Å². The van der Waals surface area contributed by atoms with Crippen molar-refractivity contribution in [3.8, 4) is 0 Å². The van der Waals surface area contributed by atoms with E-state index >= 15 is 0 Å². The number of likely N-dealkylation sites (tertiary alicyclic amines) is 1. The van der Waals surface area contributed by atoms with Crippen molar-refractivity contribution in [2.75, 3.05) is 18.4 Å². The minimum Gasteiger partial charge on any atom is -0.481 e. The molecule has 1 fully saturated rings. The van der Waals surface area contributed by atoms with E-state index in [9.17, 15) is 9.59 Å². The standard InChI is InChI=1S/C11H16N4O3/c1-14-6-4-9(13-14)12-11(18)15-5-2-3-8(7-15)10(16)17/h4,6,8H,2-3,5,7H2,1H3,(H,16,17)(H,12,13,18). The molecule has 1 saturated heterocycles. The van der Waals surface area contributed by atoms with Crippen LogP contribution in [0.5, 0.6) is 0 Å². The van der Waals surface area contributed by atoms with Crippen LogP contribution in [-0.2, 0) is 11.8 Å². The summed E-state index contributed by atoms with van der Waals surface area (Å²) in [6.07, 6.45) is 3.07. The van der Waals surface area contributed by atoms with Gasteiger partial charge in [0.1, 0.15) is 0 Å². The highest BCUT2D eigenvalue weighted by molar-refractivity contribution is 5.88. The van der Waals surface area contributed by atoms with Gasteiger partial charge in [-0.3, -0.25) is 14.8 Å². The Labute approximate surface area is 104 Å². The molecule has 1 aliphatic heterocycles. The first-order valence-corrected chi connectivity index (χ1v) is 5.84. The molecule has 2 rings (SSSR count). The van der Waals surface area contributed by atoms with Crippen molar-refractivity contribution in [2.24, 2.45) is 13.0 Å². The number of aliphatic carboxylic acids is 1. The molecule has 7 heteroatoms. The van der Waals surface area contributed by atoms with Crippen LogP contribution in [0.3, 0.4) is 0 Å². The number of rotatable bonds is 2. The molecular weight excluding hydrogens is 236 g/mol. The number of anilines is 1. The third-order valence-corrected chi connectivity index (χ3v) is 3.01. The van der Waals surface area contributed by atoms with E-state index in [-0.39, 0.29) is 12.6 Å². The SMILES string of the molecule is Cn1ccc(NC(=O)N2CCCC(C(=O)O)C2)n1. The summed E-state index contributed by atoms with van der Waals surface area (Å²) in [6, 6.07) is 1.40. The summed E-state index contributed by atoms with van der Waals surface area (Å²) in [7, 11) is 1.76. The fraction of sp³-hybridized carbons (Fsp3) is 0.545. The number of aromatic nitrogens is 2. The number of carboxylic acid groups (broad SMARTS) is 1. The van der Waals surface area contributed by atoms with Crippen LogP contribution >= 0.6 is 0 Å². The molecule has 0 saturated carbocycles. The molecule has 0 aliphatic carbocycles. The fourth-order valence-electron chi connectivity index (χ4n) is 2.03. The van der Waals surface area contributed by atoms with Crippen molar-refractivity contribution in [1.29, 1.82) is 0 Å². The van der Waals surface area contributed by atoms with Crippen molar-refractivity contribution in [3.05, 3.63) is 12.3 Å². The number of carbonyl (C=O) groups excluding carboxylic acids is 1. The predicted molar refractivity (Wildman–Crippen MR) is 64.2 cm³/mol. The number of hydrogen-bond donors (Lipinski definition) is 2. The Morgan fingerprint density at radius 3 is 2.94 bits per heavy atom. The topological polar surface area (TPSA) is 87.5 Å². The van der Waals surface area contributed by atoms with Crippen LogP contribution < -0.4 is 5.32 Å². The molecule has 1 aromatic heterocycles. The second kappa shape index (κ2) is 5.07. The number of amides is 2. The Kier molecular flexibility index (Phi) is 3.50. The van der Waals surface area contributed by atoms with E-state index in [0.717, 1.165) is 0 Å². The molecule has 2 heterocycles. The van der Waals surface area contributed by atoms with Crippen molar-refractivity contribution in [1.82, 2.24) is 14.7 Å². The molecule has 1 aliphatic rings. The van der Waals surface area contributed by atoms with Gasteiger partial charge in [0.05, 0.1) is 5.92 Å². The molecule has 18 heavy (non-hydrogen) atoms. The quantitative estimate of drug-likeness (QED) is 0.813. The second-order valence-corrected chi connectivity index (χ2v) is 4.43. The highest BCUT2D eigenvalue weighted by Crippen LogP contribution is 2.17. The van der Waals surface area contributed by atoms with Gasteiger partial charge in [-0.05, 0) is 12.8 Å². The minimum absolute atomic E-state index is 0.258. The van der Waals surface area contributed by atoms with Gasteiger partial charge >= 0.3 is 12.0 Å². The van der Waals surface area contributed by atoms with Crippen LogP contribution in [0.4, 0.5) is 10.6 Å². The van der Waals surface area contributed by atoms with Gasteiger partial charge in [-0.2, -0.15) is 5.10 Å². The Morgan fingerprint density at radius 2 is 2.33 bits per heavy atom. The van der Waals surface area contributed by atoms with Gasteiger partial charge in [0.15, 0.2) is 5.82 Å². The molecule has 2 N–H and O–H groups in total. The molecule has 1 unspecified atom stereocenters. The van der Waals surface area contributed by atoms with Crippen LogP contribution in [-0.4, -0.2) is 44.9 Å². The van der Waals surface area contributed by atoms with E-state index in [0.29, 0.717) is 25.2 Å². The minimum atomic E-state index is -0.842. The second-order valence-electron chi connectivity index (χ2n) is 4.43. The first-order valence-electron chi connectivity index (χ1n) is 5.84. The lowest BCUT2D eigenvalue weighted by atomic mass is 9.99. The van der Waals surface area contributed by atoms with E-state index in [1.54, 1.807) is 24.0 Å². The van der Waals surface area contributed by atoms with Gasteiger partial charge in [-0.15, -0.1) is 0 Å². The summed E-state index contributed by atoms with van der Waals surface area (Å²) in [5, 5.41) is 15.7. The molecule has 1 atom stereocenters. The van der Waals surface area contributed by atoms with E-state index in [1.165, 1.54) is 4.90 Å². The summed E-state index contributed by atoms with van der Waals surface area (Å²) < 4.78 is 1.59. The molecule has 0 radical (unpaired) electrons. The lowest BCUT2D eigenvalue weighted by Crippen LogP contribution is -2.44. The van der Waals surface area contributed by atoms with Crippen molar-refractivity contribution < 1.29 is 14.7 Å². The maximum atomic E-state index is 11.9. The molecule has 0 spiro atoms. The molecule has 0 bridgehead atoms. The zero-order valence-electron chi connectivity index (χ0n) is 10.2. The van der Waals surface area contributed by atoms with Gasteiger partial charge in [0.2, 0.25) is 0 Å². The van der Waals surface area contributed by atoms with Crippen molar-refractivity contribution >= 4 is 17.8 Å². The van der Waals surface area contributed by atoms with Crippen LogP contribution in [0.2, 0.25) is 0 Å². The number of nitrogens with one attached hydrogen (secondary N) is 1. The van der Waals surface area contributed by atoms with E-state index in [1.807, 2.05) is 0 Å². The number of piperidine rings is 1. The van der Waals surface area contributed by atoms with Crippen molar-refractivity contribution in [3.63, 3.8) is 0 Å². The normalized spacial score (nSPS) is 19.6. The first kappa shape index (κ1) is 12.4. The lowest BCUT2D eigenvalue weighted by molar-refractivity contribution is -0.143. The summed E-state index contributed by atoms with van der Waals surface area (Å²) >= 11 is 0. The Hall–Kier alpha value is -2.05. The van der Waals surface area contributed by atoms with Crippen molar-refractivity contribution in [2.45, 2.75) is 12.8 Å². The average Bonchev–Trinajstić information content (AvgIpc) is 2.75. The number of carboxylic acids is 1. The molecular formula is C11H16N4O3. The number of nitrogens with zero attached hydrogens (tertiary/aromatic N) is 3. The summed E-state index contributed by atoms with van der Waals surface area (Å²) in [4.78, 5) is 24.4. The van der Waals surface area contributed by atoms with Crippen LogP contribution in [0.1, 0.15) is 12.8 Å². The van der Waals surface area contributed by atoms with E-state index < -0.39 is 11.9 Å². The Morgan fingerprint density at radius 1 is 1.56 bits per heavy atom. The third kappa shape index (κ3) is 2.79. The zero-order valence-corrected chi connectivity index (χ0v) is 10.2. The molecule has 98 valence electrons. The lowest BCUT2D eigenvalue weighted by Gasteiger charge is -2.30. The van der Waals surface area contributed by atoms with Gasteiger partial charge in [0, 0.05) is 32.4 Å². The Balaban J connectivity index is 1.94. The number of hydrogen-bond acceptors (Lipinski definition) is 3. The van der Waals surface area contributed by atoms with Crippen LogP contribution in [0.25, 0.3) is 0 Å². The van der Waals surface area contributed by atoms with Crippen LogP contribution in [0.15, 0.2) is 12.3 Å².